The minimum atomic E-state index is -0.417. The maximum Gasteiger partial charge on any atom is 0.410 e. The number of ether oxygens (including phenoxy) is 1. The molecule has 1 heterocycles. The minimum absolute atomic E-state index is 0.182. The van der Waals surface area contributed by atoms with Crippen LogP contribution < -0.4 is 5.73 Å². The summed E-state index contributed by atoms with van der Waals surface area (Å²) in [4.78, 5) is 13.9. The zero-order valence-corrected chi connectivity index (χ0v) is 12.5. The van der Waals surface area contributed by atoms with Crippen LogP contribution in [0.25, 0.3) is 0 Å². The smallest absolute Gasteiger partial charge is 0.410 e. The molecule has 0 aromatic carbocycles. The van der Waals surface area contributed by atoms with E-state index in [4.69, 9.17) is 10.5 Å². The van der Waals surface area contributed by atoms with Gasteiger partial charge in [0.05, 0.1) is 0 Å². The lowest BCUT2D eigenvalue weighted by Gasteiger charge is -2.41. The molecule has 0 aromatic rings. The molecule has 2 aliphatic rings. The molecule has 1 saturated heterocycles. The first-order valence-electron chi connectivity index (χ1n) is 7.60. The van der Waals surface area contributed by atoms with Crippen LogP contribution in [0, 0.1) is 11.8 Å². The molecule has 1 saturated carbocycles. The van der Waals surface area contributed by atoms with Gasteiger partial charge in [0.15, 0.2) is 0 Å². The third kappa shape index (κ3) is 3.85. The molecule has 0 aromatic heterocycles. The van der Waals surface area contributed by atoms with Crippen LogP contribution in [-0.2, 0) is 4.74 Å². The fraction of sp³-hybridized carbons (Fsp3) is 0.933. The molecule has 0 radical (unpaired) electrons. The van der Waals surface area contributed by atoms with Gasteiger partial charge in [-0.25, -0.2) is 4.79 Å². The van der Waals surface area contributed by atoms with Crippen molar-refractivity contribution in [3.63, 3.8) is 0 Å². The molecular weight excluding hydrogens is 240 g/mol. The van der Waals surface area contributed by atoms with Gasteiger partial charge in [-0.3, -0.25) is 0 Å². The quantitative estimate of drug-likeness (QED) is 0.838. The summed E-state index contributed by atoms with van der Waals surface area (Å²) in [7, 11) is 0. The number of nitrogens with two attached hydrogens (primary N) is 1. The predicted molar refractivity (Wildman–Crippen MR) is 75.8 cm³/mol. The zero-order chi connectivity index (χ0) is 14.0. The first-order valence-corrected chi connectivity index (χ1v) is 7.60. The molecule has 2 unspecified atom stereocenters. The average Bonchev–Trinajstić information content (AvgIpc) is 2.24. The Morgan fingerprint density at radius 3 is 2.37 bits per heavy atom. The van der Waals surface area contributed by atoms with Crippen molar-refractivity contribution in [2.45, 2.75) is 64.5 Å². The maximum absolute atomic E-state index is 12.1. The first kappa shape index (κ1) is 14.6. The molecule has 1 aliphatic carbocycles. The van der Waals surface area contributed by atoms with Crippen LogP contribution in [0.15, 0.2) is 0 Å². The number of rotatable bonds is 2. The highest BCUT2D eigenvalue weighted by molar-refractivity contribution is 5.68. The van der Waals surface area contributed by atoms with Crippen LogP contribution in [0.1, 0.15) is 52.9 Å². The van der Waals surface area contributed by atoms with Crippen molar-refractivity contribution >= 4 is 6.09 Å². The third-order valence-corrected chi connectivity index (χ3v) is 4.35. The lowest BCUT2D eigenvalue weighted by molar-refractivity contribution is 0.0126. The Morgan fingerprint density at radius 2 is 1.84 bits per heavy atom. The maximum atomic E-state index is 12.1. The van der Waals surface area contributed by atoms with Crippen molar-refractivity contribution in [2.24, 2.45) is 17.6 Å². The Morgan fingerprint density at radius 1 is 1.21 bits per heavy atom. The molecule has 4 heteroatoms. The molecule has 4 nitrogen and oxygen atoms in total. The van der Waals surface area contributed by atoms with Crippen molar-refractivity contribution in [2.75, 3.05) is 13.1 Å². The first-order chi connectivity index (χ1) is 8.87. The Hall–Kier alpha value is -0.770. The van der Waals surface area contributed by atoms with Crippen LogP contribution in [0.3, 0.4) is 0 Å². The van der Waals surface area contributed by atoms with Crippen molar-refractivity contribution in [3.8, 4) is 0 Å². The summed E-state index contributed by atoms with van der Waals surface area (Å²) in [5.74, 6) is 1.13. The summed E-state index contributed by atoms with van der Waals surface area (Å²) < 4.78 is 5.45. The average molecular weight is 268 g/mol. The van der Waals surface area contributed by atoms with E-state index in [2.05, 4.69) is 0 Å². The number of nitrogens with zero attached hydrogens (tertiary/aromatic N) is 1. The van der Waals surface area contributed by atoms with Crippen LogP contribution in [0.2, 0.25) is 0 Å². The zero-order valence-electron chi connectivity index (χ0n) is 12.5. The fourth-order valence-electron chi connectivity index (χ4n) is 3.03. The molecule has 1 aliphatic heterocycles. The van der Waals surface area contributed by atoms with Gasteiger partial charge in [-0.15, -0.1) is 0 Å². The highest BCUT2D eigenvalue weighted by Gasteiger charge is 2.35. The topological polar surface area (TPSA) is 55.6 Å². The monoisotopic (exact) mass is 268 g/mol. The predicted octanol–water partition coefficient (Wildman–Crippen LogP) is 2.76. The van der Waals surface area contributed by atoms with Gasteiger partial charge in [0.25, 0.3) is 0 Å². The molecule has 0 spiro atoms. The number of carbonyl (C=O) groups is 1. The summed E-state index contributed by atoms with van der Waals surface area (Å²) in [6, 6.07) is 0.263. The van der Waals surface area contributed by atoms with E-state index in [1.54, 1.807) is 0 Å². The van der Waals surface area contributed by atoms with E-state index in [0.717, 1.165) is 25.9 Å². The highest BCUT2D eigenvalue weighted by atomic mass is 16.6. The number of piperidine rings is 1. The van der Waals surface area contributed by atoms with Crippen molar-refractivity contribution < 1.29 is 9.53 Å². The Kier molecular flexibility index (Phi) is 4.39. The summed E-state index contributed by atoms with van der Waals surface area (Å²) >= 11 is 0. The van der Waals surface area contributed by atoms with Gasteiger partial charge in [-0.2, -0.15) is 0 Å². The molecule has 0 bridgehead atoms. The van der Waals surface area contributed by atoms with E-state index in [-0.39, 0.29) is 12.1 Å². The Balaban J connectivity index is 1.87. The van der Waals surface area contributed by atoms with Crippen molar-refractivity contribution in [3.05, 3.63) is 0 Å². The fourth-order valence-corrected chi connectivity index (χ4v) is 3.03. The van der Waals surface area contributed by atoms with Crippen molar-refractivity contribution in [1.29, 1.82) is 0 Å². The lowest BCUT2D eigenvalue weighted by Crippen LogP contribution is -2.50. The van der Waals surface area contributed by atoms with Gasteiger partial charge < -0.3 is 15.4 Å². The molecule has 19 heavy (non-hydrogen) atoms. The number of hydrogen-bond donors (Lipinski definition) is 1. The SMILES string of the molecule is CC(C)(C)OC(=O)N1CCCC(C(N)C2CCC2)C1. The summed E-state index contributed by atoms with van der Waals surface area (Å²) in [5, 5.41) is 0. The largest absolute Gasteiger partial charge is 0.444 e. The van der Waals surface area contributed by atoms with Gasteiger partial charge in [-0.1, -0.05) is 6.42 Å². The summed E-state index contributed by atoms with van der Waals surface area (Å²) in [5.41, 5.74) is 5.95. The Bertz CT molecular complexity index is 321. The molecule has 110 valence electrons. The van der Waals surface area contributed by atoms with Crippen LogP contribution in [0.5, 0.6) is 0 Å². The van der Waals surface area contributed by atoms with E-state index in [0.29, 0.717) is 11.8 Å². The van der Waals surface area contributed by atoms with Gasteiger partial charge in [0.2, 0.25) is 0 Å². The second-order valence-corrected chi connectivity index (χ2v) is 7.10. The number of likely N-dealkylation sites (tertiary alicyclic amines) is 1. The normalized spacial score (nSPS) is 26.7. The molecule has 2 rings (SSSR count). The second kappa shape index (κ2) is 5.70. The summed E-state index contributed by atoms with van der Waals surface area (Å²) in [6.07, 6.45) is 5.87. The standard InChI is InChI=1S/C15H28N2O2/c1-15(2,3)19-14(18)17-9-5-8-12(10-17)13(16)11-6-4-7-11/h11-13H,4-10,16H2,1-3H3. The molecule has 1 amide bonds. The number of carbonyl (C=O) groups excluding carboxylic acids is 1. The van der Waals surface area contributed by atoms with Crippen LogP contribution in [0.4, 0.5) is 4.79 Å². The van der Waals surface area contributed by atoms with E-state index in [9.17, 15) is 4.79 Å². The van der Waals surface area contributed by atoms with Crippen molar-refractivity contribution in [1.82, 2.24) is 4.90 Å². The van der Waals surface area contributed by atoms with Gasteiger partial charge >= 0.3 is 6.09 Å². The van der Waals surface area contributed by atoms with Crippen LogP contribution >= 0.6 is 0 Å². The second-order valence-electron chi connectivity index (χ2n) is 7.10. The van der Waals surface area contributed by atoms with E-state index in [1.807, 2.05) is 25.7 Å². The van der Waals surface area contributed by atoms with E-state index in [1.165, 1.54) is 19.3 Å². The highest BCUT2D eigenvalue weighted by Crippen LogP contribution is 2.34. The minimum Gasteiger partial charge on any atom is -0.444 e. The van der Waals surface area contributed by atoms with Gasteiger partial charge in [0, 0.05) is 19.1 Å². The number of hydrogen-bond acceptors (Lipinski definition) is 3. The lowest BCUT2D eigenvalue weighted by atomic mass is 9.73. The van der Waals surface area contributed by atoms with Crippen LogP contribution in [-0.4, -0.2) is 35.7 Å². The number of amides is 1. The molecule has 2 N–H and O–H groups in total. The molecule has 2 atom stereocenters. The van der Waals surface area contributed by atoms with Gasteiger partial charge in [0.1, 0.15) is 5.60 Å². The van der Waals surface area contributed by atoms with E-state index >= 15 is 0 Å². The summed E-state index contributed by atoms with van der Waals surface area (Å²) in [6.45, 7) is 7.31. The van der Waals surface area contributed by atoms with Gasteiger partial charge in [-0.05, 0) is 58.3 Å². The molecule has 2 fully saturated rings. The van der Waals surface area contributed by atoms with E-state index < -0.39 is 5.60 Å². The molecular formula is C15H28N2O2. The third-order valence-electron chi connectivity index (χ3n) is 4.35. The Labute approximate surface area is 116 Å².